The smallest absolute Gasteiger partial charge is 0.189 e. The molecular weight excluding hydrogens is 390 g/mol. The Morgan fingerprint density at radius 3 is 2.61 bits per heavy atom. The molecule has 7 heteroatoms. The van der Waals surface area contributed by atoms with E-state index in [1.807, 2.05) is 20.8 Å². The fourth-order valence-corrected chi connectivity index (χ4v) is 6.44. The quantitative estimate of drug-likeness (QED) is 0.362. The molecule has 0 aliphatic heterocycles. The molecule has 0 saturated heterocycles. The predicted molar refractivity (Wildman–Crippen MR) is 114 cm³/mol. The van der Waals surface area contributed by atoms with E-state index in [1.165, 1.54) is 42.0 Å². The fraction of sp³-hybridized carbons (Fsp3) is 0.429. The van der Waals surface area contributed by atoms with Gasteiger partial charge in [0.05, 0.1) is 11.4 Å². The summed E-state index contributed by atoms with van der Waals surface area (Å²) in [6.45, 7) is 7.11. The van der Waals surface area contributed by atoms with Crippen molar-refractivity contribution in [2.24, 2.45) is 0 Å². The van der Waals surface area contributed by atoms with Crippen LogP contribution in [-0.2, 0) is 12.8 Å². The number of thioether (sulfide) groups is 1. The van der Waals surface area contributed by atoms with Crippen LogP contribution in [0.2, 0.25) is 0 Å². The lowest BCUT2D eigenvalue weighted by Gasteiger charge is -2.11. The van der Waals surface area contributed by atoms with Gasteiger partial charge in [-0.1, -0.05) is 11.8 Å². The van der Waals surface area contributed by atoms with Gasteiger partial charge in [-0.05, 0) is 64.5 Å². The second-order valence-corrected chi connectivity index (χ2v) is 9.41. The lowest BCUT2D eigenvalue weighted by molar-refractivity contribution is 0.101. The summed E-state index contributed by atoms with van der Waals surface area (Å²) in [6.07, 6.45) is 4.62. The molecule has 0 aromatic carbocycles. The molecular formula is C21H23N3O2S2. The number of ketones is 2. The minimum Gasteiger partial charge on any atom is -0.355 e. The molecule has 1 aliphatic carbocycles. The van der Waals surface area contributed by atoms with Gasteiger partial charge in [0, 0.05) is 21.5 Å². The molecule has 0 spiro atoms. The number of thiophene rings is 1. The third-order valence-electron chi connectivity index (χ3n) is 5.30. The first-order chi connectivity index (χ1) is 13.4. The number of nitrogens with one attached hydrogen (secondary N) is 1. The summed E-state index contributed by atoms with van der Waals surface area (Å²) in [7, 11) is 0. The highest BCUT2D eigenvalue weighted by Gasteiger charge is 2.23. The number of carbonyl (C=O) groups is 2. The summed E-state index contributed by atoms with van der Waals surface area (Å²) >= 11 is 3.25. The van der Waals surface area contributed by atoms with Gasteiger partial charge in [0.1, 0.15) is 15.7 Å². The van der Waals surface area contributed by atoms with Crippen molar-refractivity contribution in [1.82, 2.24) is 15.0 Å². The third kappa shape index (κ3) is 3.31. The number of nitrogens with zero attached hydrogens (tertiary/aromatic N) is 2. The molecule has 1 N–H and O–H groups in total. The van der Waals surface area contributed by atoms with Crippen LogP contribution in [-0.4, -0.2) is 32.3 Å². The van der Waals surface area contributed by atoms with Gasteiger partial charge in [0.25, 0.3) is 0 Å². The first-order valence-electron chi connectivity index (χ1n) is 9.51. The van der Waals surface area contributed by atoms with E-state index in [9.17, 15) is 9.59 Å². The average Bonchev–Trinajstić information content (AvgIpc) is 3.15. The Labute approximate surface area is 172 Å². The molecule has 0 radical (unpaired) electrons. The van der Waals surface area contributed by atoms with Crippen LogP contribution in [0.25, 0.3) is 10.2 Å². The largest absolute Gasteiger partial charge is 0.355 e. The summed E-state index contributed by atoms with van der Waals surface area (Å²) in [4.78, 5) is 39.6. The highest BCUT2D eigenvalue weighted by molar-refractivity contribution is 8.00. The maximum Gasteiger partial charge on any atom is 0.189 e. The monoisotopic (exact) mass is 413 g/mol. The van der Waals surface area contributed by atoms with Crippen molar-refractivity contribution >= 4 is 44.9 Å². The zero-order valence-electron chi connectivity index (χ0n) is 16.6. The van der Waals surface area contributed by atoms with Gasteiger partial charge in [0.15, 0.2) is 11.6 Å². The summed E-state index contributed by atoms with van der Waals surface area (Å²) < 4.78 is 0. The number of hydrogen-bond donors (Lipinski definition) is 1. The molecule has 0 bridgehead atoms. The number of fused-ring (bicyclic) bond motifs is 3. The van der Waals surface area contributed by atoms with Crippen molar-refractivity contribution in [2.45, 2.75) is 58.4 Å². The highest BCUT2D eigenvalue weighted by atomic mass is 32.2. The van der Waals surface area contributed by atoms with Gasteiger partial charge in [-0.15, -0.1) is 11.3 Å². The lowest BCUT2D eigenvalue weighted by atomic mass is 9.97. The van der Waals surface area contributed by atoms with Crippen LogP contribution < -0.4 is 0 Å². The number of aromatic amines is 1. The van der Waals surface area contributed by atoms with Crippen molar-refractivity contribution in [2.75, 3.05) is 5.75 Å². The number of Topliss-reactive ketones (excluding diaryl/α,β-unsaturated/α-hetero) is 2. The third-order valence-corrected chi connectivity index (χ3v) is 7.46. The molecule has 0 amide bonds. The van der Waals surface area contributed by atoms with Gasteiger partial charge in [0.2, 0.25) is 0 Å². The number of carbonyl (C=O) groups excluding carboxylic acids is 2. The molecule has 3 aromatic rings. The summed E-state index contributed by atoms with van der Waals surface area (Å²) in [5, 5.41) is 2.05. The molecule has 3 aromatic heterocycles. The van der Waals surface area contributed by atoms with Crippen LogP contribution in [0.4, 0.5) is 0 Å². The van der Waals surface area contributed by atoms with Crippen LogP contribution in [0.15, 0.2) is 5.03 Å². The van der Waals surface area contributed by atoms with E-state index in [4.69, 9.17) is 0 Å². The SMILES string of the molecule is CC(=O)c1c(C)[nH]c(C(=O)CSc2nc(C)nc3sc4c(c23)CCCC4)c1C. The number of rotatable bonds is 5. The lowest BCUT2D eigenvalue weighted by Crippen LogP contribution is -2.06. The van der Waals surface area contributed by atoms with Gasteiger partial charge in [-0.25, -0.2) is 9.97 Å². The van der Waals surface area contributed by atoms with E-state index < -0.39 is 0 Å². The Kier molecular flexibility index (Phi) is 5.14. The summed E-state index contributed by atoms with van der Waals surface area (Å²) in [6, 6.07) is 0. The Balaban J connectivity index is 1.64. The molecule has 5 nitrogen and oxygen atoms in total. The van der Waals surface area contributed by atoms with Crippen molar-refractivity contribution in [1.29, 1.82) is 0 Å². The van der Waals surface area contributed by atoms with Gasteiger partial charge in [-0.3, -0.25) is 9.59 Å². The number of H-pyrrole nitrogens is 1. The molecule has 3 heterocycles. The van der Waals surface area contributed by atoms with Crippen molar-refractivity contribution in [3.8, 4) is 0 Å². The van der Waals surface area contributed by atoms with Crippen LogP contribution in [0, 0.1) is 20.8 Å². The second kappa shape index (κ2) is 7.44. The zero-order chi connectivity index (χ0) is 20.0. The van der Waals surface area contributed by atoms with Crippen LogP contribution in [0.3, 0.4) is 0 Å². The molecule has 28 heavy (non-hydrogen) atoms. The molecule has 1 aliphatic rings. The molecule has 0 unspecified atom stereocenters. The zero-order valence-corrected chi connectivity index (χ0v) is 18.2. The molecule has 146 valence electrons. The number of aromatic nitrogens is 3. The maximum absolute atomic E-state index is 12.9. The number of hydrogen-bond acceptors (Lipinski definition) is 6. The van der Waals surface area contributed by atoms with Crippen molar-refractivity contribution in [3.05, 3.63) is 38.8 Å². The summed E-state index contributed by atoms with van der Waals surface area (Å²) in [5.74, 6) is 1.00. The van der Waals surface area contributed by atoms with Crippen LogP contribution in [0.1, 0.15) is 68.1 Å². The first-order valence-corrected chi connectivity index (χ1v) is 11.3. The predicted octanol–water partition coefficient (Wildman–Crippen LogP) is 5.00. The maximum atomic E-state index is 12.9. The van der Waals surface area contributed by atoms with Gasteiger partial charge in [-0.2, -0.15) is 0 Å². The second-order valence-electron chi connectivity index (χ2n) is 7.36. The minimum absolute atomic E-state index is 0.00777. The Hall–Kier alpha value is -1.99. The fourth-order valence-electron chi connectivity index (χ4n) is 4.09. The summed E-state index contributed by atoms with van der Waals surface area (Å²) in [5.41, 5.74) is 4.04. The number of aryl methyl sites for hydroxylation is 4. The minimum atomic E-state index is -0.0176. The van der Waals surface area contributed by atoms with E-state index >= 15 is 0 Å². The van der Waals surface area contributed by atoms with Crippen molar-refractivity contribution in [3.63, 3.8) is 0 Å². The molecule has 0 fully saturated rings. The molecule has 4 rings (SSSR count). The Bertz CT molecular complexity index is 1110. The van der Waals surface area contributed by atoms with Crippen LogP contribution >= 0.6 is 23.1 Å². The average molecular weight is 414 g/mol. The molecule has 0 saturated carbocycles. The van der Waals surface area contributed by atoms with Gasteiger partial charge < -0.3 is 4.98 Å². The van der Waals surface area contributed by atoms with E-state index in [0.717, 1.165) is 45.2 Å². The van der Waals surface area contributed by atoms with E-state index in [-0.39, 0.29) is 17.3 Å². The van der Waals surface area contributed by atoms with Gasteiger partial charge >= 0.3 is 0 Å². The highest BCUT2D eigenvalue weighted by Crippen LogP contribution is 2.39. The first kappa shape index (κ1) is 19.3. The Morgan fingerprint density at radius 2 is 1.89 bits per heavy atom. The van der Waals surface area contributed by atoms with Crippen molar-refractivity contribution < 1.29 is 9.59 Å². The standard InChI is InChI=1S/C21H23N3O2S2/c1-10-17(12(3)25)11(2)22-19(10)15(26)9-27-20-18-14-7-5-6-8-16(14)28-21(18)24-13(4)23-20/h22H,5-9H2,1-4H3. The Morgan fingerprint density at radius 1 is 1.14 bits per heavy atom. The van der Waals surface area contributed by atoms with E-state index in [1.54, 1.807) is 11.3 Å². The topological polar surface area (TPSA) is 75.7 Å². The normalized spacial score (nSPS) is 13.7. The molecule has 0 atom stereocenters. The van der Waals surface area contributed by atoms with E-state index in [0.29, 0.717) is 11.3 Å². The van der Waals surface area contributed by atoms with Crippen LogP contribution in [0.5, 0.6) is 0 Å². The van der Waals surface area contributed by atoms with E-state index in [2.05, 4.69) is 15.0 Å².